The van der Waals surface area contributed by atoms with E-state index in [1.165, 1.54) is 25.7 Å². The van der Waals surface area contributed by atoms with E-state index in [0.717, 1.165) is 25.5 Å². The monoisotopic (exact) mass is 281 g/mol. The number of hydrogen-bond acceptors (Lipinski definition) is 1. The summed E-state index contributed by atoms with van der Waals surface area (Å²) in [6.45, 7) is 4.55. The van der Waals surface area contributed by atoms with Crippen molar-refractivity contribution in [3.63, 3.8) is 0 Å². The van der Waals surface area contributed by atoms with Crippen LogP contribution in [0.25, 0.3) is 0 Å². The van der Waals surface area contributed by atoms with E-state index < -0.39 is 11.6 Å². The normalized spacial score (nSPS) is 18.8. The number of rotatable bonds is 4. The van der Waals surface area contributed by atoms with Gasteiger partial charge in [-0.3, -0.25) is 0 Å². The Bertz CT molecular complexity index is 437. The molecule has 112 valence electrons. The molecule has 1 nitrogen and oxygen atoms in total. The summed E-state index contributed by atoms with van der Waals surface area (Å²) >= 11 is 0. The molecule has 2 rings (SSSR count). The largest absolute Gasteiger partial charge is 0.310 e. The summed E-state index contributed by atoms with van der Waals surface area (Å²) in [5, 5.41) is 3.42. The van der Waals surface area contributed by atoms with Gasteiger partial charge in [0.05, 0.1) is 0 Å². The van der Waals surface area contributed by atoms with Crippen molar-refractivity contribution in [2.75, 3.05) is 6.54 Å². The van der Waals surface area contributed by atoms with Crippen molar-refractivity contribution in [1.29, 1.82) is 0 Å². The van der Waals surface area contributed by atoms with E-state index >= 15 is 0 Å². The van der Waals surface area contributed by atoms with Crippen molar-refractivity contribution in [2.24, 2.45) is 5.92 Å². The van der Waals surface area contributed by atoms with Crippen LogP contribution in [-0.4, -0.2) is 6.54 Å². The van der Waals surface area contributed by atoms with Crippen LogP contribution in [0, 0.1) is 24.5 Å². The van der Waals surface area contributed by atoms with Gasteiger partial charge < -0.3 is 5.32 Å². The number of hydrogen-bond donors (Lipinski definition) is 1. The highest BCUT2D eigenvalue weighted by Gasteiger charge is 2.26. The molecule has 0 aromatic heterocycles. The fourth-order valence-electron chi connectivity index (χ4n) is 3.31. The van der Waals surface area contributed by atoms with Gasteiger partial charge in [0.25, 0.3) is 0 Å². The second kappa shape index (κ2) is 7.16. The van der Waals surface area contributed by atoms with Crippen molar-refractivity contribution < 1.29 is 8.78 Å². The van der Waals surface area contributed by atoms with E-state index in [0.29, 0.717) is 17.0 Å². The summed E-state index contributed by atoms with van der Waals surface area (Å²) in [5.41, 5.74) is 1.16. The highest BCUT2D eigenvalue weighted by molar-refractivity contribution is 5.28. The van der Waals surface area contributed by atoms with Gasteiger partial charge in [0.2, 0.25) is 0 Å². The molecule has 1 unspecified atom stereocenters. The number of halogens is 2. The zero-order valence-corrected chi connectivity index (χ0v) is 12.5. The Morgan fingerprint density at radius 3 is 2.35 bits per heavy atom. The number of nitrogens with one attached hydrogen (secondary N) is 1. The van der Waals surface area contributed by atoms with E-state index in [1.807, 2.05) is 6.92 Å². The Labute approximate surface area is 120 Å². The number of aryl methyl sites for hydroxylation is 1. The van der Waals surface area contributed by atoms with Gasteiger partial charge in [-0.05, 0) is 43.9 Å². The first-order valence-corrected chi connectivity index (χ1v) is 7.82. The van der Waals surface area contributed by atoms with E-state index in [9.17, 15) is 8.78 Å². The van der Waals surface area contributed by atoms with Crippen LogP contribution < -0.4 is 5.32 Å². The minimum Gasteiger partial charge on any atom is -0.310 e. The molecule has 0 radical (unpaired) electrons. The minimum absolute atomic E-state index is 0.0115. The topological polar surface area (TPSA) is 12.0 Å². The molecule has 1 fully saturated rings. The SMILES string of the molecule is CCNC(c1cc(C)c(F)cc1F)C1CCCCCC1. The van der Waals surface area contributed by atoms with Gasteiger partial charge in [-0.15, -0.1) is 0 Å². The van der Waals surface area contributed by atoms with Crippen LogP contribution in [0.15, 0.2) is 12.1 Å². The fourth-order valence-corrected chi connectivity index (χ4v) is 3.31. The Morgan fingerprint density at radius 2 is 1.75 bits per heavy atom. The Kier molecular flexibility index (Phi) is 5.53. The first-order valence-electron chi connectivity index (χ1n) is 7.82. The zero-order valence-electron chi connectivity index (χ0n) is 12.5. The van der Waals surface area contributed by atoms with Gasteiger partial charge in [0.15, 0.2) is 0 Å². The third-order valence-corrected chi connectivity index (χ3v) is 4.41. The Hall–Kier alpha value is -0.960. The van der Waals surface area contributed by atoms with Crippen LogP contribution in [0.1, 0.15) is 62.6 Å². The maximum atomic E-state index is 14.2. The molecule has 20 heavy (non-hydrogen) atoms. The van der Waals surface area contributed by atoms with Gasteiger partial charge in [0, 0.05) is 17.7 Å². The standard InChI is InChI=1S/C17H25F2N/c1-3-20-17(13-8-6-4-5-7-9-13)14-10-12(2)15(18)11-16(14)19/h10-11,13,17,20H,3-9H2,1-2H3. The molecule has 1 aromatic carbocycles. The maximum absolute atomic E-state index is 14.2. The molecule has 3 heteroatoms. The van der Waals surface area contributed by atoms with Crippen LogP contribution in [0.4, 0.5) is 8.78 Å². The lowest BCUT2D eigenvalue weighted by Crippen LogP contribution is -2.29. The molecule has 0 heterocycles. The van der Waals surface area contributed by atoms with Gasteiger partial charge in [-0.25, -0.2) is 8.78 Å². The minimum atomic E-state index is -0.456. The highest BCUT2D eigenvalue weighted by atomic mass is 19.1. The third-order valence-electron chi connectivity index (χ3n) is 4.41. The second-order valence-corrected chi connectivity index (χ2v) is 5.91. The molecule has 1 aliphatic carbocycles. The average Bonchev–Trinajstić information content (AvgIpc) is 2.69. The smallest absolute Gasteiger partial charge is 0.130 e. The van der Waals surface area contributed by atoms with Crippen molar-refractivity contribution in [2.45, 2.75) is 58.4 Å². The van der Waals surface area contributed by atoms with Gasteiger partial charge in [-0.2, -0.15) is 0 Å². The van der Waals surface area contributed by atoms with E-state index in [2.05, 4.69) is 5.32 Å². The highest BCUT2D eigenvalue weighted by Crippen LogP contribution is 2.35. The Balaban J connectivity index is 2.29. The summed E-state index contributed by atoms with van der Waals surface area (Å²) in [4.78, 5) is 0. The molecule has 1 atom stereocenters. The van der Waals surface area contributed by atoms with E-state index in [1.54, 1.807) is 13.0 Å². The molecule has 1 aromatic rings. The molecule has 0 saturated heterocycles. The quantitative estimate of drug-likeness (QED) is 0.774. The number of benzene rings is 1. The third kappa shape index (κ3) is 3.57. The lowest BCUT2D eigenvalue weighted by Gasteiger charge is -2.28. The molecule has 1 saturated carbocycles. The molecule has 1 N–H and O–H groups in total. The molecule has 1 aliphatic rings. The lowest BCUT2D eigenvalue weighted by molar-refractivity contribution is 0.321. The van der Waals surface area contributed by atoms with Crippen LogP contribution in [0.3, 0.4) is 0 Å². The first kappa shape index (κ1) is 15.4. The van der Waals surface area contributed by atoms with E-state index in [-0.39, 0.29) is 6.04 Å². The molecular formula is C17H25F2N. The average molecular weight is 281 g/mol. The van der Waals surface area contributed by atoms with Crippen molar-refractivity contribution in [3.05, 3.63) is 34.9 Å². The molecule has 0 amide bonds. The van der Waals surface area contributed by atoms with Gasteiger partial charge >= 0.3 is 0 Å². The molecule has 0 spiro atoms. The lowest BCUT2D eigenvalue weighted by atomic mass is 9.86. The summed E-state index contributed by atoms with van der Waals surface area (Å²) in [7, 11) is 0. The fraction of sp³-hybridized carbons (Fsp3) is 0.647. The predicted octanol–water partition coefficient (Wildman–Crippen LogP) is 4.89. The van der Waals surface area contributed by atoms with Gasteiger partial charge in [0.1, 0.15) is 11.6 Å². The molecule has 0 aliphatic heterocycles. The summed E-state index contributed by atoms with van der Waals surface area (Å²) in [6, 6.07) is 2.73. The maximum Gasteiger partial charge on any atom is 0.130 e. The zero-order chi connectivity index (χ0) is 14.5. The summed E-state index contributed by atoms with van der Waals surface area (Å²) in [6.07, 6.45) is 7.25. The Morgan fingerprint density at radius 1 is 1.10 bits per heavy atom. The van der Waals surface area contributed by atoms with Crippen LogP contribution in [0.2, 0.25) is 0 Å². The van der Waals surface area contributed by atoms with E-state index in [4.69, 9.17) is 0 Å². The van der Waals surface area contributed by atoms with Crippen molar-refractivity contribution in [1.82, 2.24) is 5.32 Å². The van der Waals surface area contributed by atoms with Gasteiger partial charge in [-0.1, -0.05) is 32.6 Å². The van der Waals surface area contributed by atoms with Crippen LogP contribution in [0.5, 0.6) is 0 Å². The second-order valence-electron chi connectivity index (χ2n) is 5.91. The van der Waals surface area contributed by atoms with Crippen LogP contribution >= 0.6 is 0 Å². The van der Waals surface area contributed by atoms with Crippen molar-refractivity contribution in [3.8, 4) is 0 Å². The molecule has 0 bridgehead atoms. The summed E-state index contributed by atoms with van der Waals surface area (Å²) < 4.78 is 27.6. The molecular weight excluding hydrogens is 256 g/mol. The predicted molar refractivity (Wildman–Crippen MR) is 78.7 cm³/mol. The van der Waals surface area contributed by atoms with Crippen LogP contribution in [-0.2, 0) is 0 Å². The summed E-state index contributed by atoms with van der Waals surface area (Å²) in [5.74, 6) is -0.414. The van der Waals surface area contributed by atoms with Crippen molar-refractivity contribution >= 4 is 0 Å². The first-order chi connectivity index (χ1) is 9.63.